The summed E-state index contributed by atoms with van der Waals surface area (Å²) < 4.78 is 0. The van der Waals surface area contributed by atoms with Gasteiger partial charge >= 0.3 is 5.97 Å². The fourth-order valence-electron chi connectivity index (χ4n) is 2.31. The minimum atomic E-state index is -0.868. The van der Waals surface area contributed by atoms with Gasteiger partial charge in [-0.3, -0.25) is 9.59 Å². The van der Waals surface area contributed by atoms with E-state index in [0.29, 0.717) is 6.54 Å². The topological polar surface area (TPSA) is 69.6 Å². The Kier molecular flexibility index (Phi) is 4.16. The first-order chi connectivity index (χ1) is 9.09. The highest BCUT2D eigenvalue weighted by Crippen LogP contribution is 2.22. The van der Waals surface area contributed by atoms with E-state index in [9.17, 15) is 9.59 Å². The standard InChI is InChI=1S/C14H18N2O3/c1-10(11-5-3-2-4-6-11)16-9-12(14(18)19)7-15-8-13(16)17/h2-6,10,12,15H,7-9H2,1H3,(H,18,19). The van der Waals surface area contributed by atoms with E-state index in [1.807, 2.05) is 37.3 Å². The van der Waals surface area contributed by atoms with Gasteiger partial charge in [0.2, 0.25) is 5.91 Å². The number of carboxylic acid groups (broad SMARTS) is 1. The van der Waals surface area contributed by atoms with Crippen LogP contribution in [0.2, 0.25) is 0 Å². The van der Waals surface area contributed by atoms with Gasteiger partial charge in [0.25, 0.3) is 0 Å². The summed E-state index contributed by atoms with van der Waals surface area (Å²) >= 11 is 0. The number of amides is 1. The van der Waals surface area contributed by atoms with Crippen molar-refractivity contribution in [3.8, 4) is 0 Å². The third kappa shape index (κ3) is 3.12. The molecular formula is C14H18N2O3. The SMILES string of the molecule is CC(c1ccccc1)N1CC(C(=O)O)CNCC1=O. The van der Waals surface area contributed by atoms with Crippen molar-refractivity contribution in [1.82, 2.24) is 10.2 Å². The predicted octanol–water partition coefficient (Wildman–Crippen LogP) is 0.880. The highest BCUT2D eigenvalue weighted by atomic mass is 16.4. The van der Waals surface area contributed by atoms with Gasteiger partial charge in [0.05, 0.1) is 18.5 Å². The maximum Gasteiger partial charge on any atom is 0.309 e. The van der Waals surface area contributed by atoms with E-state index >= 15 is 0 Å². The second-order valence-electron chi connectivity index (χ2n) is 4.80. The molecule has 1 amide bonds. The molecule has 1 aromatic rings. The van der Waals surface area contributed by atoms with Gasteiger partial charge in [-0.25, -0.2) is 0 Å². The molecule has 1 aliphatic rings. The molecule has 1 saturated heterocycles. The minimum Gasteiger partial charge on any atom is -0.481 e. The third-order valence-electron chi connectivity index (χ3n) is 3.50. The molecule has 19 heavy (non-hydrogen) atoms. The van der Waals surface area contributed by atoms with Gasteiger partial charge in [0.1, 0.15) is 0 Å². The molecule has 0 aromatic heterocycles. The summed E-state index contributed by atoms with van der Waals surface area (Å²) in [4.78, 5) is 24.9. The summed E-state index contributed by atoms with van der Waals surface area (Å²) in [6.07, 6.45) is 0. The Balaban J connectivity index is 2.19. The Morgan fingerprint density at radius 1 is 1.42 bits per heavy atom. The summed E-state index contributed by atoms with van der Waals surface area (Å²) in [7, 11) is 0. The average molecular weight is 262 g/mol. The number of nitrogens with zero attached hydrogens (tertiary/aromatic N) is 1. The highest BCUT2D eigenvalue weighted by molar-refractivity contribution is 5.80. The normalized spacial score (nSPS) is 21.8. The zero-order valence-electron chi connectivity index (χ0n) is 10.9. The van der Waals surface area contributed by atoms with Crippen molar-refractivity contribution in [3.63, 3.8) is 0 Å². The lowest BCUT2D eigenvalue weighted by molar-refractivity contribution is -0.143. The van der Waals surface area contributed by atoms with Crippen LogP contribution >= 0.6 is 0 Å². The van der Waals surface area contributed by atoms with Crippen LogP contribution in [0.3, 0.4) is 0 Å². The van der Waals surface area contributed by atoms with E-state index in [2.05, 4.69) is 5.32 Å². The molecule has 2 atom stereocenters. The first-order valence-corrected chi connectivity index (χ1v) is 6.37. The van der Waals surface area contributed by atoms with Gasteiger partial charge in [-0.2, -0.15) is 0 Å². The van der Waals surface area contributed by atoms with Crippen LogP contribution in [-0.4, -0.2) is 41.5 Å². The average Bonchev–Trinajstić information content (AvgIpc) is 2.61. The van der Waals surface area contributed by atoms with Crippen LogP contribution in [0.25, 0.3) is 0 Å². The molecule has 2 rings (SSSR count). The van der Waals surface area contributed by atoms with Crippen LogP contribution in [0, 0.1) is 5.92 Å². The molecule has 0 radical (unpaired) electrons. The molecular weight excluding hydrogens is 244 g/mol. The van der Waals surface area contributed by atoms with E-state index in [1.54, 1.807) is 4.90 Å². The lowest BCUT2D eigenvalue weighted by Crippen LogP contribution is -2.39. The summed E-state index contributed by atoms with van der Waals surface area (Å²) in [5.74, 6) is -1.48. The van der Waals surface area contributed by atoms with Crippen molar-refractivity contribution >= 4 is 11.9 Å². The monoisotopic (exact) mass is 262 g/mol. The molecule has 0 spiro atoms. The largest absolute Gasteiger partial charge is 0.481 e. The van der Waals surface area contributed by atoms with Crippen LogP contribution in [0.1, 0.15) is 18.5 Å². The molecule has 5 heteroatoms. The molecule has 5 nitrogen and oxygen atoms in total. The number of carbonyl (C=O) groups excluding carboxylic acids is 1. The van der Waals surface area contributed by atoms with Crippen LogP contribution in [0.15, 0.2) is 30.3 Å². The van der Waals surface area contributed by atoms with E-state index < -0.39 is 11.9 Å². The van der Waals surface area contributed by atoms with Gasteiger partial charge in [-0.1, -0.05) is 30.3 Å². The maximum absolute atomic E-state index is 12.1. The van der Waals surface area contributed by atoms with Crippen molar-refractivity contribution in [3.05, 3.63) is 35.9 Å². The van der Waals surface area contributed by atoms with Crippen molar-refractivity contribution in [1.29, 1.82) is 0 Å². The zero-order valence-corrected chi connectivity index (χ0v) is 10.9. The molecule has 0 bridgehead atoms. The third-order valence-corrected chi connectivity index (χ3v) is 3.50. The van der Waals surface area contributed by atoms with Crippen LogP contribution in [-0.2, 0) is 9.59 Å². The first kappa shape index (κ1) is 13.5. The van der Waals surface area contributed by atoms with Gasteiger partial charge in [-0.05, 0) is 12.5 Å². The Morgan fingerprint density at radius 3 is 2.74 bits per heavy atom. The van der Waals surface area contributed by atoms with Gasteiger partial charge in [-0.15, -0.1) is 0 Å². The van der Waals surface area contributed by atoms with Gasteiger partial charge in [0, 0.05) is 13.1 Å². The Bertz CT molecular complexity index is 461. The Labute approximate surface area is 112 Å². The number of carboxylic acids is 1. The molecule has 2 N–H and O–H groups in total. The lowest BCUT2D eigenvalue weighted by Gasteiger charge is -2.29. The predicted molar refractivity (Wildman–Crippen MR) is 70.6 cm³/mol. The summed E-state index contributed by atoms with van der Waals surface area (Å²) in [5.41, 5.74) is 1.02. The molecule has 1 fully saturated rings. The number of benzene rings is 1. The summed E-state index contributed by atoms with van der Waals surface area (Å²) in [6.45, 7) is 2.70. The summed E-state index contributed by atoms with van der Waals surface area (Å²) in [6, 6.07) is 9.54. The van der Waals surface area contributed by atoms with Crippen LogP contribution < -0.4 is 5.32 Å². The number of nitrogens with one attached hydrogen (secondary N) is 1. The number of aliphatic carboxylic acids is 1. The quantitative estimate of drug-likeness (QED) is 0.848. The van der Waals surface area contributed by atoms with E-state index in [1.165, 1.54) is 0 Å². The maximum atomic E-state index is 12.1. The van der Waals surface area contributed by atoms with Crippen molar-refractivity contribution in [2.75, 3.05) is 19.6 Å². The van der Waals surface area contributed by atoms with Crippen molar-refractivity contribution < 1.29 is 14.7 Å². The van der Waals surface area contributed by atoms with Gasteiger partial charge in [0.15, 0.2) is 0 Å². The van der Waals surface area contributed by atoms with Gasteiger partial charge < -0.3 is 15.3 Å². The highest BCUT2D eigenvalue weighted by Gasteiger charge is 2.30. The van der Waals surface area contributed by atoms with E-state index in [-0.39, 0.29) is 25.0 Å². The molecule has 0 aliphatic carbocycles. The number of rotatable bonds is 3. The second kappa shape index (κ2) is 5.84. The molecule has 0 saturated carbocycles. The Hall–Kier alpha value is -1.88. The van der Waals surface area contributed by atoms with E-state index in [4.69, 9.17) is 5.11 Å². The number of hydrogen-bond acceptors (Lipinski definition) is 3. The van der Waals surface area contributed by atoms with Crippen molar-refractivity contribution in [2.45, 2.75) is 13.0 Å². The molecule has 1 aromatic carbocycles. The summed E-state index contributed by atoms with van der Waals surface area (Å²) in [5, 5.41) is 12.0. The molecule has 102 valence electrons. The molecule has 1 aliphatic heterocycles. The van der Waals surface area contributed by atoms with Crippen molar-refractivity contribution in [2.24, 2.45) is 5.92 Å². The zero-order chi connectivity index (χ0) is 13.8. The lowest BCUT2D eigenvalue weighted by atomic mass is 10.0. The fraction of sp³-hybridized carbons (Fsp3) is 0.429. The molecule has 2 unspecified atom stereocenters. The molecule has 1 heterocycles. The van der Waals surface area contributed by atoms with Crippen LogP contribution in [0.5, 0.6) is 0 Å². The number of hydrogen-bond donors (Lipinski definition) is 2. The minimum absolute atomic E-state index is 0.0555. The number of carbonyl (C=O) groups is 2. The smallest absolute Gasteiger partial charge is 0.309 e. The Morgan fingerprint density at radius 2 is 2.11 bits per heavy atom. The fourth-order valence-corrected chi connectivity index (χ4v) is 2.31. The van der Waals surface area contributed by atoms with Crippen LogP contribution in [0.4, 0.5) is 0 Å². The first-order valence-electron chi connectivity index (χ1n) is 6.37. The van der Waals surface area contributed by atoms with E-state index in [0.717, 1.165) is 5.56 Å². The second-order valence-corrected chi connectivity index (χ2v) is 4.80.